The lowest BCUT2D eigenvalue weighted by Gasteiger charge is -2.09. The van der Waals surface area contributed by atoms with Crippen molar-refractivity contribution in [1.29, 1.82) is 0 Å². The molecule has 0 aliphatic heterocycles. The number of halogens is 1. The van der Waals surface area contributed by atoms with Crippen LogP contribution in [0.1, 0.15) is 21.6 Å². The number of rotatable bonds is 3. The summed E-state index contributed by atoms with van der Waals surface area (Å²) in [5.74, 6) is -0.308. The molecule has 0 aliphatic carbocycles. The molecule has 0 fully saturated rings. The fraction of sp³-hybridized carbons (Fsp3) is 0.231. The number of benzene rings is 1. The van der Waals surface area contributed by atoms with E-state index in [1.807, 2.05) is 6.92 Å². The first kappa shape index (κ1) is 13.4. The average molecular weight is 281 g/mol. The van der Waals surface area contributed by atoms with Crippen LogP contribution in [0.5, 0.6) is 11.6 Å². The van der Waals surface area contributed by atoms with Crippen molar-refractivity contribution in [1.82, 2.24) is 9.78 Å². The van der Waals surface area contributed by atoms with Gasteiger partial charge in [-0.3, -0.25) is 0 Å². The Kier molecular flexibility index (Phi) is 3.48. The number of nitrogens with zero attached hydrogens (tertiary/aromatic N) is 2. The highest BCUT2D eigenvalue weighted by atomic mass is 35.5. The predicted octanol–water partition coefficient (Wildman–Crippen LogP) is 3.18. The highest BCUT2D eigenvalue weighted by molar-refractivity contribution is 6.30. The van der Waals surface area contributed by atoms with E-state index in [0.717, 1.165) is 5.56 Å². The summed E-state index contributed by atoms with van der Waals surface area (Å²) in [6.45, 7) is 3.47. The molecule has 6 heteroatoms. The van der Waals surface area contributed by atoms with E-state index in [2.05, 4.69) is 5.10 Å². The lowest BCUT2D eigenvalue weighted by molar-refractivity contribution is 0.0693. The normalized spacial score (nSPS) is 10.5. The minimum atomic E-state index is -1.06. The van der Waals surface area contributed by atoms with Crippen LogP contribution in [-0.4, -0.2) is 20.9 Å². The molecule has 0 amide bonds. The number of aryl methyl sites for hydroxylation is 3. The minimum Gasteiger partial charge on any atom is -0.477 e. The summed E-state index contributed by atoms with van der Waals surface area (Å²) in [5, 5.41) is 13.9. The Morgan fingerprint density at radius 3 is 2.68 bits per heavy atom. The fourth-order valence-electron chi connectivity index (χ4n) is 1.83. The molecule has 0 saturated heterocycles. The zero-order valence-corrected chi connectivity index (χ0v) is 11.5. The third-order valence-electron chi connectivity index (χ3n) is 2.73. The zero-order chi connectivity index (χ0) is 14.2. The molecule has 1 heterocycles. The molecule has 0 saturated carbocycles. The van der Waals surface area contributed by atoms with Crippen LogP contribution in [0, 0.1) is 13.8 Å². The molecule has 2 rings (SSSR count). The highest BCUT2D eigenvalue weighted by Crippen LogP contribution is 2.30. The quantitative estimate of drug-likeness (QED) is 0.938. The lowest BCUT2D eigenvalue weighted by Crippen LogP contribution is -2.02. The monoisotopic (exact) mass is 280 g/mol. The van der Waals surface area contributed by atoms with Crippen molar-refractivity contribution in [3.05, 3.63) is 40.0 Å². The summed E-state index contributed by atoms with van der Waals surface area (Å²) in [6, 6.07) is 5.14. The molecule has 2 aromatic rings. The maximum atomic E-state index is 11.2. The molecule has 1 aromatic carbocycles. The second-order valence-electron chi connectivity index (χ2n) is 4.21. The van der Waals surface area contributed by atoms with E-state index in [9.17, 15) is 9.90 Å². The molecule has 0 aliphatic rings. The number of ether oxygens (including phenoxy) is 1. The van der Waals surface area contributed by atoms with E-state index >= 15 is 0 Å². The van der Waals surface area contributed by atoms with Gasteiger partial charge in [-0.25, -0.2) is 9.48 Å². The van der Waals surface area contributed by atoms with Gasteiger partial charge in [0, 0.05) is 12.1 Å². The summed E-state index contributed by atoms with van der Waals surface area (Å²) in [6.07, 6.45) is 0. The molecular weight excluding hydrogens is 268 g/mol. The van der Waals surface area contributed by atoms with Crippen molar-refractivity contribution < 1.29 is 14.6 Å². The van der Waals surface area contributed by atoms with Crippen LogP contribution in [0.25, 0.3) is 0 Å². The van der Waals surface area contributed by atoms with Crippen LogP contribution < -0.4 is 4.74 Å². The molecule has 0 atom stereocenters. The van der Waals surface area contributed by atoms with Crippen molar-refractivity contribution >= 4 is 17.6 Å². The first-order valence-electron chi connectivity index (χ1n) is 5.61. The summed E-state index contributed by atoms with van der Waals surface area (Å²) in [4.78, 5) is 11.2. The average Bonchev–Trinajstić information content (AvgIpc) is 2.57. The first-order chi connectivity index (χ1) is 8.90. The highest BCUT2D eigenvalue weighted by Gasteiger charge is 2.22. The standard InChI is InChI=1S/C13H13ClN2O3/c1-7-6-9(14)4-5-10(7)19-12-11(13(17)18)8(2)15-16(12)3/h4-6H,1-3H3,(H,17,18). The molecular formula is C13H13ClN2O3. The van der Waals surface area contributed by atoms with Crippen LogP contribution >= 0.6 is 11.6 Å². The summed E-state index contributed by atoms with van der Waals surface area (Å²) in [7, 11) is 1.64. The number of carboxylic acid groups (broad SMARTS) is 1. The van der Waals surface area contributed by atoms with Gasteiger partial charge in [-0.2, -0.15) is 5.10 Å². The van der Waals surface area contributed by atoms with Crippen molar-refractivity contribution in [3.8, 4) is 11.6 Å². The Bertz CT molecular complexity index is 650. The Morgan fingerprint density at radius 1 is 1.42 bits per heavy atom. The smallest absolute Gasteiger partial charge is 0.343 e. The SMILES string of the molecule is Cc1cc(Cl)ccc1Oc1c(C(=O)O)c(C)nn1C. The second-order valence-corrected chi connectivity index (χ2v) is 4.64. The predicted molar refractivity (Wildman–Crippen MR) is 71.2 cm³/mol. The van der Waals surface area contributed by atoms with Gasteiger partial charge in [0.05, 0.1) is 5.69 Å². The lowest BCUT2D eigenvalue weighted by atomic mass is 10.2. The summed E-state index contributed by atoms with van der Waals surface area (Å²) in [5.41, 5.74) is 1.30. The third-order valence-corrected chi connectivity index (χ3v) is 2.96. The summed E-state index contributed by atoms with van der Waals surface area (Å²) < 4.78 is 7.08. The Morgan fingerprint density at radius 2 is 2.11 bits per heavy atom. The van der Waals surface area contributed by atoms with Crippen LogP contribution in [-0.2, 0) is 7.05 Å². The van der Waals surface area contributed by atoms with Crippen LogP contribution in [0.4, 0.5) is 0 Å². The van der Waals surface area contributed by atoms with E-state index in [1.165, 1.54) is 4.68 Å². The van der Waals surface area contributed by atoms with Gasteiger partial charge in [0.15, 0.2) is 0 Å². The van der Waals surface area contributed by atoms with E-state index in [1.54, 1.807) is 32.2 Å². The molecule has 0 spiro atoms. The number of hydrogen-bond donors (Lipinski definition) is 1. The van der Waals surface area contributed by atoms with E-state index < -0.39 is 5.97 Å². The van der Waals surface area contributed by atoms with Gasteiger partial charge in [0.25, 0.3) is 0 Å². The van der Waals surface area contributed by atoms with E-state index in [-0.39, 0.29) is 11.4 Å². The van der Waals surface area contributed by atoms with Gasteiger partial charge in [-0.1, -0.05) is 11.6 Å². The van der Waals surface area contributed by atoms with Crippen LogP contribution in [0.2, 0.25) is 5.02 Å². The molecule has 1 N–H and O–H groups in total. The van der Waals surface area contributed by atoms with Gasteiger partial charge in [0.1, 0.15) is 11.3 Å². The molecule has 0 unspecified atom stereocenters. The van der Waals surface area contributed by atoms with Gasteiger partial charge >= 0.3 is 5.97 Å². The van der Waals surface area contributed by atoms with E-state index in [4.69, 9.17) is 16.3 Å². The van der Waals surface area contributed by atoms with Gasteiger partial charge in [-0.15, -0.1) is 0 Å². The molecule has 0 radical (unpaired) electrons. The molecule has 19 heavy (non-hydrogen) atoms. The van der Waals surface area contributed by atoms with Crippen LogP contribution in [0.3, 0.4) is 0 Å². The Balaban J connectivity index is 2.46. The molecule has 100 valence electrons. The number of carboxylic acids is 1. The van der Waals surface area contributed by atoms with Crippen molar-refractivity contribution in [2.24, 2.45) is 7.05 Å². The number of aromatic nitrogens is 2. The van der Waals surface area contributed by atoms with Gasteiger partial charge in [-0.05, 0) is 37.6 Å². The molecule has 5 nitrogen and oxygen atoms in total. The van der Waals surface area contributed by atoms with Gasteiger partial charge < -0.3 is 9.84 Å². The topological polar surface area (TPSA) is 64.3 Å². The van der Waals surface area contributed by atoms with E-state index in [0.29, 0.717) is 16.5 Å². The number of aromatic carboxylic acids is 1. The number of carbonyl (C=O) groups is 1. The zero-order valence-electron chi connectivity index (χ0n) is 10.8. The Hall–Kier alpha value is -2.01. The maximum Gasteiger partial charge on any atom is 0.343 e. The third kappa shape index (κ3) is 2.56. The molecule has 0 bridgehead atoms. The second kappa shape index (κ2) is 4.93. The minimum absolute atomic E-state index is 0.0665. The van der Waals surface area contributed by atoms with Crippen molar-refractivity contribution in [2.45, 2.75) is 13.8 Å². The fourth-order valence-corrected chi connectivity index (χ4v) is 2.06. The maximum absolute atomic E-state index is 11.2. The number of hydrogen-bond acceptors (Lipinski definition) is 3. The van der Waals surface area contributed by atoms with Crippen molar-refractivity contribution in [3.63, 3.8) is 0 Å². The first-order valence-corrected chi connectivity index (χ1v) is 5.99. The summed E-state index contributed by atoms with van der Waals surface area (Å²) >= 11 is 5.87. The Labute approximate surface area is 115 Å². The van der Waals surface area contributed by atoms with Gasteiger partial charge in [0.2, 0.25) is 5.88 Å². The van der Waals surface area contributed by atoms with Crippen LogP contribution in [0.15, 0.2) is 18.2 Å². The molecule has 1 aromatic heterocycles. The largest absolute Gasteiger partial charge is 0.477 e. The van der Waals surface area contributed by atoms with Crippen molar-refractivity contribution in [2.75, 3.05) is 0 Å².